The Balaban J connectivity index is 2.46. The summed E-state index contributed by atoms with van der Waals surface area (Å²) in [5.41, 5.74) is -0.153. The Hall–Kier alpha value is -0.0500. The van der Waals surface area contributed by atoms with E-state index in [9.17, 15) is 4.79 Å². The Kier molecular flexibility index (Phi) is 3.99. The minimum Gasteiger partial charge on any atom is -0.350 e. The monoisotopic (exact) mass is 261 g/mol. The number of hydrogen-bond donors (Lipinski definition) is 1. The molecule has 0 aromatic heterocycles. The summed E-state index contributed by atoms with van der Waals surface area (Å²) < 4.78 is 0. The number of nitrogens with one attached hydrogen (secondary N) is 1. The lowest BCUT2D eigenvalue weighted by molar-refractivity contribution is -0.126. The van der Waals surface area contributed by atoms with Crippen molar-refractivity contribution in [2.24, 2.45) is 5.92 Å². The van der Waals surface area contributed by atoms with Crippen molar-refractivity contribution >= 4 is 21.8 Å². The minimum atomic E-state index is -0.153. The first-order chi connectivity index (χ1) is 6.43. The largest absolute Gasteiger partial charge is 0.350 e. The van der Waals surface area contributed by atoms with Crippen molar-refractivity contribution in [1.29, 1.82) is 0 Å². The van der Waals surface area contributed by atoms with Gasteiger partial charge in [0.1, 0.15) is 0 Å². The van der Waals surface area contributed by atoms with Gasteiger partial charge >= 0.3 is 0 Å². The van der Waals surface area contributed by atoms with Gasteiger partial charge in [0.25, 0.3) is 0 Å². The summed E-state index contributed by atoms with van der Waals surface area (Å²) in [6.45, 7) is 6.17. The predicted octanol–water partition coefficient (Wildman–Crippen LogP) is 2.85. The van der Waals surface area contributed by atoms with Crippen LogP contribution in [0.3, 0.4) is 0 Å². The topological polar surface area (TPSA) is 29.1 Å². The molecule has 14 heavy (non-hydrogen) atoms. The van der Waals surface area contributed by atoms with Crippen molar-refractivity contribution in [2.75, 3.05) is 0 Å². The number of halogens is 1. The van der Waals surface area contributed by atoms with Crippen LogP contribution in [0.4, 0.5) is 0 Å². The summed E-state index contributed by atoms with van der Waals surface area (Å²) in [7, 11) is 0. The molecule has 1 fully saturated rings. The summed E-state index contributed by atoms with van der Waals surface area (Å²) in [6, 6.07) is 0. The molecule has 1 aliphatic carbocycles. The maximum atomic E-state index is 11.8. The highest BCUT2D eigenvalue weighted by molar-refractivity contribution is 9.09. The Morgan fingerprint density at radius 1 is 1.43 bits per heavy atom. The van der Waals surface area contributed by atoms with Crippen molar-refractivity contribution < 1.29 is 4.79 Å². The summed E-state index contributed by atoms with van der Waals surface area (Å²) >= 11 is 3.52. The normalized spacial score (nSPS) is 20.9. The number of carbonyl (C=O) groups is 1. The molecule has 0 aromatic carbocycles. The average molecular weight is 262 g/mol. The van der Waals surface area contributed by atoms with Gasteiger partial charge in [-0.2, -0.15) is 0 Å². The van der Waals surface area contributed by atoms with Crippen molar-refractivity contribution in [3.8, 4) is 0 Å². The third-order valence-corrected chi connectivity index (χ3v) is 4.31. The van der Waals surface area contributed by atoms with E-state index < -0.39 is 0 Å². The second-order valence-electron chi connectivity index (χ2n) is 4.81. The molecule has 0 heterocycles. The Labute approximate surface area is 95.0 Å². The van der Waals surface area contributed by atoms with E-state index >= 15 is 0 Å². The molecule has 2 nitrogen and oxygen atoms in total. The Morgan fingerprint density at radius 3 is 2.36 bits per heavy atom. The molecule has 0 aliphatic heterocycles. The molecule has 1 aliphatic rings. The van der Waals surface area contributed by atoms with Crippen LogP contribution in [0.5, 0.6) is 0 Å². The summed E-state index contributed by atoms with van der Waals surface area (Å²) in [6.07, 6.45) is 4.56. The first-order valence-corrected chi connectivity index (χ1v) is 6.31. The van der Waals surface area contributed by atoms with Crippen LogP contribution in [0.15, 0.2) is 0 Å². The summed E-state index contributed by atoms with van der Waals surface area (Å²) in [5.74, 6) is 0.499. The molecular weight excluding hydrogens is 242 g/mol. The standard InChI is InChI=1S/C11H20BrNO/c1-8(12)11(2,3)13-10(14)9-6-4-5-7-9/h8-9H,4-7H2,1-3H3,(H,13,14). The van der Waals surface area contributed by atoms with E-state index in [1.807, 2.05) is 0 Å². The summed E-state index contributed by atoms with van der Waals surface area (Å²) in [4.78, 5) is 12.1. The highest BCUT2D eigenvalue weighted by Crippen LogP contribution is 2.26. The molecule has 0 bridgehead atoms. The zero-order valence-corrected chi connectivity index (χ0v) is 10.9. The number of carbonyl (C=O) groups excluding carboxylic acids is 1. The molecule has 0 saturated heterocycles. The van der Waals surface area contributed by atoms with Crippen LogP contribution in [0, 0.1) is 5.92 Å². The van der Waals surface area contributed by atoms with E-state index in [2.05, 4.69) is 42.0 Å². The van der Waals surface area contributed by atoms with Gasteiger partial charge in [-0.15, -0.1) is 0 Å². The van der Waals surface area contributed by atoms with Gasteiger partial charge in [0.15, 0.2) is 0 Å². The van der Waals surface area contributed by atoms with Gasteiger partial charge in [0.05, 0.1) is 0 Å². The van der Waals surface area contributed by atoms with E-state index in [0.29, 0.717) is 4.83 Å². The molecule has 82 valence electrons. The first-order valence-electron chi connectivity index (χ1n) is 5.39. The molecular formula is C11H20BrNO. The highest BCUT2D eigenvalue weighted by Gasteiger charge is 2.30. The predicted molar refractivity (Wildman–Crippen MR) is 62.6 cm³/mol. The van der Waals surface area contributed by atoms with Crippen LogP contribution < -0.4 is 5.32 Å². The fourth-order valence-corrected chi connectivity index (χ4v) is 1.82. The SMILES string of the molecule is CC(Br)C(C)(C)NC(=O)C1CCCC1. The number of alkyl halides is 1. The fourth-order valence-electron chi connectivity index (χ4n) is 1.71. The molecule has 1 rings (SSSR count). The number of rotatable bonds is 3. The summed E-state index contributed by atoms with van der Waals surface area (Å²) in [5, 5.41) is 3.11. The lowest BCUT2D eigenvalue weighted by atomic mass is 9.99. The molecule has 1 atom stereocenters. The number of hydrogen-bond acceptors (Lipinski definition) is 1. The van der Waals surface area contributed by atoms with E-state index in [-0.39, 0.29) is 17.4 Å². The van der Waals surface area contributed by atoms with Gasteiger partial charge in [0.2, 0.25) is 5.91 Å². The molecule has 0 radical (unpaired) electrons. The van der Waals surface area contributed by atoms with Crippen LogP contribution in [-0.2, 0) is 4.79 Å². The van der Waals surface area contributed by atoms with Crippen LogP contribution in [-0.4, -0.2) is 16.3 Å². The van der Waals surface area contributed by atoms with Gasteiger partial charge in [-0.3, -0.25) is 4.79 Å². The molecule has 1 N–H and O–H groups in total. The van der Waals surface area contributed by atoms with Crippen LogP contribution in [0.2, 0.25) is 0 Å². The lowest BCUT2D eigenvalue weighted by Crippen LogP contribution is -2.50. The van der Waals surface area contributed by atoms with Crippen molar-refractivity contribution in [3.05, 3.63) is 0 Å². The average Bonchev–Trinajstić information content (AvgIpc) is 2.54. The smallest absolute Gasteiger partial charge is 0.223 e. The van der Waals surface area contributed by atoms with Gasteiger partial charge < -0.3 is 5.32 Å². The molecule has 3 heteroatoms. The third-order valence-electron chi connectivity index (χ3n) is 3.17. The van der Waals surface area contributed by atoms with Crippen LogP contribution in [0.25, 0.3) is 0 Å². The van der Waals surface area contributed by atoms with Gasteiger partial charge in [-0.1, -0.05) is 35.7 Å². The van der Waals surface area contributed by atoms with E-state index in [0.717, 1.165) is 12.8 Å². The maximum Gasteiger partial charge on any atom is 0.223 e. The molecule has 1 amide bonds. The second-order valence-corrected chi connectivity index (χ2v) is 6.18. The zero-order chi connectivity index (χ0) is 10.8. The molecule has 0 spiro atoms. The van der Waals surface area contributed by atoms with Crippen LogP contribution in [0.1, 0.15) is 46.5 Å². The first kappa shape index (κ1) is 12.0. The van der Waals surface area contributed by atoms with Crippen molar-refractivity contribution in [2.45, 2.75) is 56.8 Å². The van der Waals surface area contributed by atoms with Crippen LogP contribution >= 0.6 is 15.9 Å². The van der Waals surface area contributed by atoms with Gasteiger partial charge in [-0.25, -0.2) is 0 Å². The van der Waals surface area contributed by atoms with Crippen molar-refractivity contribution in [1.82, 2.24) is 5.32 Å². The minimum absolute atomic E-state index is 0.153. The Bertz CT molecular complexity index is 207. The Morgan fingerprint density at radius 2 is 1.93 bits per heavy atom. The quantitative estimate of drug-likeness (QED) is 0.778. The van der Waals surface area contributed by atoms with E-state index in [4.69, 9.17) is 0 Å². The zero-order valence-electron chi connectivity index (χ0n) is 9.27. The number of amides is 1. The second kappa shape index (κ2) is 4.65. The van der Waals surface area contributed by atoms with Gasteiger partial charge in [-0.05, 0) is 26.7 Å². The van der Waals surface area contributed by atoms with Crippen molar-refractivity contribution in [3.63, 3.8) is 0 Å². The molecule has 0 aromatic rings. The molecule has 1 saturated carbocycles. The fraction of sp³-hybridized carbons (Fsp3) is 0.909. The lowest BCUT2D eigenvalue weighted by Gasteiger charge is -2.30. The highest BCUT2D eigenvalue weighted by atomic mass is 79.9. The van der Waals surface area contributed by atoms with Gasteiger partial charge in [0, 0.05) is 16.3 Å². The third kappa shape index (κ3) is 2.97. The molecule has 1 unspecified atom stereocenters. The van der Waals surface area contributed by atoms with E-state index in [1.165, 1.54) is 12.8 Å². The maximum absolute atomic E-state index is 11.8. The van der Waals surface area contributed by atoms with E-state index in [1.54, 1.807) is 0 Å².